The van der Waals surface area contributed by atoms with E-state index in [1.165, 1.54) is 13.0 Å². The zero-order chi connectivity index (χ0) is 14.8. The van der Waals surface area contributed by atoms with Crippen molar-refractivity contribution < 1.29 is 13.6 Å². The number of aryl methyl sites for hydroxylation is 1. The lowest BCUT2D eigenvalue weighted by atomic mass is 9.88. The molecule has 0 saturated heterocycles. The van der Waals surface area contributed by atoms with Gasteiger partial charge in [-0.05, 0) is 31.4 Å². The van der Waals surface area contributed by atoms with Crippen LogP contribution >= 0.6 is 12.4 Å². The Morgan fingerprint density at radius 1 is 1.35 bits per heavy atom. The molecule has 0 aliphatic rings. The van der Waals surface area contributed by atoms with Crippen molar-refractivity contribution in [3.05, 3.63) is 34.9 Å². The van der Waals surface area contributed by atoms with Crippen LogP contribution in [0, 0.1) is 24.5 Å². The van der Waals surface area contributed by atoms with Crippen LogP contribution in [0.2, 0.25) is 0 Å². The minimum Gasteiger partial charge on any atom is -0.345 e. The normalized spacial score (nSPS) is 13.6. The molecule has 0 fully saturated rings. The number of nitrogens with one attached hydrogen (secondary N) is 1. The number of rotatable bonds is 4. The van der Waals surface area contributed by atoms with Crippen LogP contribution in [0.3, 0.4) is 0 Å². The highest BCUT2D eigenvalue weighted by atomic mass is 35.5. The molecule has 1 unspecified atom stereocenters. The Morgan fingerprint density at radius 3 is 2.35 bits per heavy atom. The molecule has 0 saturated carbocycles. The Morgan fingerprint density at radius 2 is 1.90 bits per heavy atom. The second-order valence-electron chi connectivity index (χ2n) is 5.31. The first-order valence-corrected chi connectivity index (χ1v) is 6.19. The zero-order valence-corrected chi connectivity index (χ0v) is 12.9. The molecule has 1 atom stereocenters. The number of benzene rings is 1. The van der Waals surface area contributed by atoms with Crippen molar-refractivity contribution in [2.45, 2.75) is 33.2 Å². The van der Waals surface area contributed by atoms with Crippen LogP contribution in [-0.2, 0) is 0 Å². The first kappa shape index (κ1) is 18.8. The van der Waals surface area contributed by atoms with E-state index in [4.69, 9.17) is 5.73 Å². The van der Waals surface area contributed by atoms with Gasteiger partial charge in [-0.2, -0.15) is 0 Å². The van der Waals surface area contributed by atoms with Gasteiger partial charge in [-0.15, -0.1) is 12.4 Å². The van der Waals surface area contributed by atoms with Crippen molar-refractivity contribution in [2.75, 3.05) is 6.54 Å². The number of halogens is 3. The molecular weight excluding hydrogens is 286 g/mol. The highest BCUT2D eigenvalue weighted by molar-refractivity contribution is 5.95. The fourth-order valence-electron chi connectivity index (χ4n) is 1.59. The zero-order valence-electron chi connectivity index (χ0n) is 12.1. The molecule has 0 bridgehead atoms. The Hall–Kier alpha value is -1.20. The van der Waals surface area contributed by atoms with Crippen LogP contribution in [0.25, 0.3) is 0 Å². The van der Waals surface area contributed by atoms with Crippen LogP contribution < -0.4 is 11.1 Å². The van der Waals surface area contributed by atoms with Crippen LogP contribution in [0.1, 0.15) is 36.7 Å². The highest BCUT2D eigenvalue weighted by Crippen LogP contribution is 2.18. The van der Waals surface area contributed by atoms with E-state index in [0.717, 1.165) is 6.07 Å². The average molecular weight is 307 g/mol. The molecule has 1 amide bonds. The van der Waals surface area contributed by atoms with Crippen molar-refractivity contribution in [3.63, 3.8) is 0 Å². The third kappa shape index (κ3) is 3.90. The summed E-state index contributed by atoms with van der Waals surface area (Å²) < 4.78 is 26.8. The number of carbonyl (C=O) groups excluding carboxylic acids is 1. The molecule has 1 aromatic carbocycles. The summed E-state index contributed by atoms with van der Waals surface area (Å²) >= 11 is 0. The van der Waals surface area contributed by atoms with E-state index >= 15 is 0 Å². The first-order valence-electron chi connectivity index (χ1n) is 6.19. The van der Waals surface area contributed by atoms with E-state index in [0.29, 0.717) is 0 Å². The van der Waals surface area contributed by atoms with E-state index in [2.05, 4.69) is 5.32 Å². The van der Waals surface area contributed by atoms with E-state index in [9.17, 15) is 13.6 Å². The number of carbonyl (C=O) groups is 1. The second-order valence-corrected chi connectivity index (χ2v) is 5.31. The summed E-state index contributed by atoms with van der Waals surface area (Å²) in [4.78, 5) is 12.1. The lowest BCUT2D eigenvalue weighted by Crippen LogP contribution is -2.55. The summed E-state index contributed by atoms with van der Waals surface area (Å²) in [6, 6.07) is 1.93. The van der Waals surface area contributed by atoms with Gasteiger partial charge in [0.05, 0.1) is 11.1 Å². The Labute approximate surface area is 124 Å². The molecule has 6 heteroatoms. The van der Waals surface area contributed by atoms with E-state index in [-0.39, 0.29) is 36.0 Å². The SMILES string of the molecule is Cc1cc(C(=O)NC(C)(CN)C(C)C)c(F)cc1F.Cl. The maximum Gasteiger partial charge on any atom is 0.254 e. The van der Waals surface area contributed by atoms with E-state index in [1.54, 1.807) is 6.92 Å². The topological polar surface area (TPSA) is 55.1 Å². The third-order valence-corrected chi connectivity index (χ3v) is 3.59. The van der Waals surface area contributed by atoms with Gasteiger partial charge in [0.1, 0.15) is 11.6 Å². The van der Waals surface area contributed by atoms with Crippen LogP contribution in [0.4, 0.5) is 8.78 Å². The largest absolute Gasteiger partial charge is 0.345 e. The standard InChI is InChI=1S/C14H20F2N2O.ClH/c1-8(2)14(4,7-17)18-13(19)10-5-9(3)11(15)6-12(10)16;/h5-6,8H,7,17H2,1-4H3,(H,18,19);1H. The number of amides is 1. The van der Waals surface area contributed by atoms with Gasteiger partial charge in [-0.1, -0.05) is 13.8 Å². The minimum absolute atomic E-state index is 0. The van der Waals surface area contributed by atoms with Gasteiger partial charge in [0.2, 0.25) is 0 Å². The molecule has 3 N–H and O–H groups in total. The van der Waals surface area contributed by atoms with Crippen LogP contribution in [0.15, 0.2) is 12.1 Å². The summed E-state index contributed by atoms with van der Waals surface area (Å²) in [6.45, 7) is 7.34. The third-order valence-electron chi connectivity index (χ3n) is 3.59. The Balaban J connectivity index is 0.00000361. The molecule has 114 valence electrons. The predicted molar refractivity (Wildman–Crippen MR) is 78.1 cm³/mol. The lowest BCUT2D eigenvalue weighted by Gasteiger charge is -2.33. The molecule has 0 heterocycles. The fourth-order valence-corrected chi connectivity index (χ4v) is 1.59. The molecule has 0 spiro atoms. The van der Waals surface area contributed by atoms with Crippen LogP contribution in [0.5, 0.6) is 0 Å². The Bertz CT molecular complexity index is 494. The number of nitrogens with two attached hydrogens (primary N) is 1. The van der Waals surface area contributed by atoms with Gasteiger partial charge in [0.15, 0.2) is 0 Å². The smallest absolute Gasteiger partial charge is 0.254 e. The Kier molecular flexibility index (Phi) is 6.58. The first-order chi connectivity index (χ1) is 8.71. The van der Waals surface area contributed by atoms with Gasteiger partial charge in [-0.25, -0.2) is 8.78 Å². The van der Waals surface area contributed by atoms with E-state index in [1.807, 2.05) is 13.8 Å². The summed E-state index contributed by atoms with van der Waals surface area (Å²) in [5, 5.41) is 2.72. The fraction of sp³-hybridized carbons (Fsp3) is 0.500. The molecular formula is C14H21ClF2N2O. The molecule has 1 rings (SSSR count). The van der Waals surface area contributed by atoms with Crippen molar-refractivity contribution in [2.24, 2.45) is 11.7 Å². The van der Waals surface area contributed by atoms with Crippen molar-refractivity contribution in [1.29, 1.82) is 0 Å². The molecule has 0 aliphatic heterocycles. The van der Waals surface area contributed by atoms with Crippen molar-refractivity contribution in [1.82, 2.24) is 5.32 Å². The number of hydrogen-bond donors (Lipinski definition) is 2. The van der Waals surface area contributed by atoms with Crippen LogP contribution in [-0.4, -0.2) is 18.0 Å². The van der Waals surface area contributed by atoms with Gasteiger partial charge < -0.3 is 11.1 Å². The van der Waals surface area contributed by atoms with Gasteiger partial charge >= 0.3 is 0 Å². The summed E-state index contributed by atoms with van der Waals surface area (Å²) in [5.74, 6) is -2.03. The molecule has 0 radical (unpaired) electrons. The van der Waals surface area contributed by atoms with Gasteiger partial charge in [0, 0.05) is 12.6 Å². The highest BCUT2D eigenvalue weighted by Gasteiger charge is 2.30. The quantitative estimate of drug-likeness (QED) is 0.898. The summed E-state index contributed by atoms with van der Waals surface area (Å²) in [7, 11) is 0. The second kappa shape index (κ2) is 6.99. The summed E-state index contributed by atoms with van der Waals surface area (Å²) in [6.07, 6.45) is 0. The number of hydrogen-bond acceptors (Lipinski definition) is 2. The maximum atomic E-state index is 13.6. The predicted octanol–water partition coefficient (Wildman–Crippen LogP) is 2.80. The molecule has 0 aliphatic carbocycles. The van der Waals surface area contributed by atoms with Crippen molar-refractivity contribution in [3.8, 4) is 0 Å². The molecule has 0 aromatic heterocycles. The van der Waals surface area contributed by atoms with Gasteiger partial charge in [-0.3, -0.25) is 4.79 Å². The molecule has 1 aromatic rings. The monoisotopic (exact) mass is 306 g/mol. The van der Waals surface area contributed by atoms with Gasteiger partial charge in [0.25, 0.3) is 5.91 Å². The molecule has 3 nitrogen and oxygen atoms in total. The summed E-state index contributed by atoms with van der Waals surface area (Å²) in [5.41, 5.74) is 5.08. The lowest BCUT2D eigenvalue weighted by molar-refractivity contribution is 0.0879. The van der Waals surface area contributed by atoms with Crippen molar-refractivity contribution >= 4 is 18.3 Å². The van der Waals surface area contributed by atoms with E-state index < -0.39 is 23.1 Å². The minimum atomic E-state index is -0.872. The maximum absolute atomic E-state index is 13.6. The molecule has 20 heavy (non-hydrogen) atoms. The average Bonchev–Trinajstić information content (AvgIpc) is 2.33.